The minimum atomic E-state index is -0.0898. The van der Waals surface area contributed by atoms with Crippen LogP contribution in [0.4, 0.5) is 0 Å². The maximum Gasteiger partial charge on any atom is 0.230 e. The Morgan fingerprint density at radius 2 is 1.54 bits per heavy atom. The van der Waals surface area contributed by atoms with Crippen molar-refractivity contribution >= 4 is 17.7 Å². The third kappa shape index (κ3) is 5.04. The topological polar surface area (TPSA) is 67.8 Å². The summed E-state index contributed by atoms with van der Waals surface area (Å²) in [6.07, 6.45) is 1.65. The molecule has 0 aliphatic carbocycles. The quantitative estimate of drug-likeness (QED) is 0.483. The zero-order valence-corrected chi connectivity index (χ0v) is 16.8. The summed E-state index contributed by atoms with van der Waals surface area (Å²) in [7, 11) is 0. The highest BCUT2D eigenvalue weighted by molar-refractivity contribution is 7.99. The Hall–Kier alpha value is -2.99. The lowest BCUT2D eigenvalue weighted by Gasteiger charge is -2.10. The Balaban J connectivity index is 1.94. The summed E-state index contributed by atoms with van der Waals surface area (Å²) < 4.78 is 0. The van der Waals surface area contributed by atoms with Crippen molar-refractivity contribution in [3.05, 3.63) is 72.3 Å². The Labute approximate surface area is 169 Å². The van der Waals surface area contributed by atoms with Gasteiger partial charge < -0.3 is 5.32 Å². The number of hydrogen-bond acceptors (Lipinski definition) is 5. The predicted octanol–water partition coefficient (Wildman–Crippen LogP) is 4.22. The van der Waals surface area contributed by atoms with Crippen molar-refractivity contribution in [1.29, 1.82) is 0 Å². The number of aryl methyl sites for hydroxylation is 2. The van der Waals surface area contributed by atoms with E-state index in [4.69, 9.17) is 4.98 Å². The van der Waals surface area contributed by atoms with E-state index in [0.717, 1.165) is 22.5 Å². The zero-order valence-electron chi connectivity index (χ0n) is 16.0. The second-order valence-electron chi connectivity index (χ2n) is 6.41. The average Bonchev–Trinajstić information content (AvgIpc) is 2.72. The van der Waals surface area contributed by atoms with E-state index < -0.39 is 0 Å². The largest absolute Gasteiger partial charge is 0.352 e. The molecule has 2 aromatic carbocycles. The number of benzene rings is 2. The summed E-state index contributed by atoms with van der Waals surface area (Å²) in [6.45, 7) is 8.13. The monoisotopic (exact) mass is 390 g/mol. The molecule has 0 bridgehead atoms. The molecule has 0 atom stereocenters. The van der Waals surface area contributed by atoms with Crippen LogP contribution in [0.15, 0.2) is 66.3 Å². The molecule has 1 heterocycles. The molecule has 142 valence electrons. The van der Waals surface area contributed by atoms with E-state index in [1.165, 1.54) is 22.9 Å². The van der Waals surface area contributed by atoms with Crippen molar-refractivity contribution in [1.82, 2.24) is 20.5 Å². The van der Waals surface area contributed by atoms with Gasteiger partial charge in [-0.2, -0.15) is 0 Å². The normalized spacial score (nSPS) is 10.5. The van der Waals surface area contributed by atoms with Crippen molar-refractivity contribution in [3.8, 4) is 22.5 Å². The molecule has 0 unspecified atom stereocenters. The molecule has 0 radical (unpaired) electrons. The first kappa shape index (κ1) is 19.8. The fourth-order valence-electron chi connectivity index (χ4n) is 2.56. The van der Waals surface area contributed by atoms with Gasteiger partial charge in [0.25, 0.3) is 0 Å². The first-order valence-corrected chi connectivity index (χ1v) is 9.94. The van der Waals surface area contributed by atoms with Crippen LogP contribution in [0.3, 0.4) is 0 Å². The predicted molar refractivity (Wildman–Crippen MR) is 114 cm³/mol. The van der Waals surface area contributed by atoms with E-state index in [1.807, 2.05) is 62.4 Å². The van der Waals surface area contributed by atoms with Gasteiger partial charge in [0.1, 0.15) is 11.4 Å². The van der Waals surface area contributed by atoms with Crippen LogP contribution >= 0.6 is 11.8 Å². The molecule has 1 N–H and O–H groups in total. The number of thioether (sulfide) groups is 1. The lowest BCUT2D eigenvalue weighted by Crippen LogP contribution is -2.25. The number of rotatable bonds is 7. The highest BCUT2D eigenvalue weighted by atomic mass is 32.2. The molecule has 0 aliphatic rings. The summed E-state index contributed by atoms with van der Waals surface area (Å²) in [4.78, 5) is 16.5. The molecule has 3 aromatic rings. The number of amides is 1. The molecule has 0 spiro atoms. The van der Waals surface area contributed by atoms with Crippen LogP contribution in [0.1, 0.15) is 11.1 Å². The molecule has 6 heteroatoms. The lowest BCUT2D eigenvalue weighted by atomic mass is 10.0. The van der Waals surface area contributed by atoms with Crippen LogP contribution in [0.25, 0.3) is 22.5 Å². The van der Waals surface area contributed by atoms with Crippen LogP contribution in [0.2, 0.25) is 0 Å². The van der Waals surface area contributed by atoms with Crippen LogP contribution in [0.5, 0.6) is 0 Å². The first-order valence-electron chi connectivity index (χ1n) is 8.96. The highest BCUT2D eigenvalue weighted by Gasteiger charge is 2.14. The van der Waals surface area contributed by atoms with Gasteiger partial charge in [-0.3, -0.25) is 4.79 Å². The molecule has 0 saturated heterocycles. The van der Waals surface area contributed by atoms with Crippen LogP contribution in [0, 0.1) is 13.8 Å². The van der Waals surface area contributed by atoms with Crippen molar-refractivity contribution in [2.45, 2.75) is 19.0 Å². The van der Waals surface area contributed by atoms with Crippen molar-refractivity contribution < 1.29 is 4.79 Å². The molecule has 3 rings (SSSR count). The SMILES string of the molecule is C=CCNC(=O)CSc1nnc(-c2ccc(C)cc2)c(-c2ccc(C)cc2)n1. The summed E-state index contributed by atoms with van der Waals surface area (Å²) >= 11 is 1.27. The van der Waals surface area contributed by atoms with Crippen LogP contribution in [-0.4, -0.2) is 33.4 Å². The summed E-state index contributed by atoms with van der Waals surface area (Å²) in [6, 6.07) is 16.3. The number of carbonyl (C=O) groups excluding carboxylic acids is 1. The smallest absolute Gasteiger partial charge is 0.230 e. The minimum absolute atomic E-state index is 0.0898. The highest BCUT2D eigenvalue weighted by Crippen LogP contribution is 2.30. The molecular formula is C22H22N4OS. The number of carbonyl (C=O) groups is 1. The van der Waals surface area contributed by atoms with Gasteiger partial charge in [0.15, 0.2) is 0 Å². The molecule has 1 amide bonds. The molecule has 1 aromatic heterocycles. The third-order valence-corrected chi connectivity index (χ3v) is 4.93. The van der Waals surface area contributed by atoms with Gasteiger partial charge in [-0.25, -0.2) is 4.98 Å². The van der Waals surface area contributed by atoms with E-state index in [0.29, 0.717) is 11.7 Å². The molecule has 28 heavy (non-hydrogen) atoms. The second kappa shape index (κ2) is 9.28. The number of hydrogen-bond donors (Lipinski definition) is 1. The maximum absolute atomic E-state index is 11.8. The molecule has 0 fully saturated rings. The van der Waals surface area contributed by atoms with Crippen molar-refractivity contribution in [2.24, 2.45) is 0 Å². The van der Waals surface area contributed by atoms with E-state index in [9.17, 15) is 4.79 Å². The first-order chi connectivity index (χ1) is 13.6. The number of nitrogens with zero attached hydrogens (tertiary/aromatic N) is 3. The molecular weight excluding hydrogens is 368 g/mol. The zero-order chi connectivity index (χ0) is 19.9. The maximum atomic E-state index is 11.8. The van der Waals surface area contributed by atoms with Gasteiger partial charge >= 0.3 is 0 Å². The van der Waals surface area contributed by atoms with Crippen molar-refractivity contribution in [3.63, 3.8) is 0 Å². The Morgan fingerprint density at radius 1 is 0.964 bits per heavy atom. The Bertz CT molecular complexity index is 969. The van der Waals surface area contributed by atoms with E-state index in [2.05, 4.69) is 22.1 Å². The summed E-state index contributed by atoms with van der Waals surface area (Å²) in [5.41, 5.74) is 5.77. The fourth-order valence-corrected chi connectivity index (χ4v) is 3.17. The fraction of sp³-hybridized carbons (Fsp3) is 0.182. The van der Waals surface area contributed by atoms with Gasteiger partial charge in [-0.15, -0.1) is 16.8 Å². The lowest BCUT2D eigenvalue weighted by molar-refractivity contribution is -0.118. The van der Waals surface area contributed by atoms with E-state index in [-0.39, 0.29) is 11.7 Å². The Kier molecular flexibility index (Phi) is 6.55. The van der Waals surface area contributed by atoms with Crippen LogP contribution in [-0.2, 0) is 4.79 Å². The van der Waals surface area contributed by atoms with Crippen molar-refractivity contribution in [2.75, 3.05) is 12.3 Å². The van der Waals surface area contributed by atoms with E-state index in [1.54, 1.807) is 6.08 Å². The molecule has 0 saturated carbocycles. The Morgan fingerprint density at radius 3 is 2.11 bits per heavy atom. The average molecular weight is 391 g/mol. The molecule has 5 nitrogen and oxygen atoms in total. The summed E-state index contributed by atoms with van der Waals surface area (Å²) in [5.74, 6) is 0.139. The standard InChI is InChI=1S/C22H22N4OS/c1-4-13-23-19(27)14-28-22-24-20(17-9-5-15(2)6-10-17)21(25-26-22)18-11-7-16(3)8-12-18/h4-12H,1,13-14H2,2-3H3,(H,23,27). The summed E-state index contributed by atoms with van der Waals surface area (Å²) in [5, 5.41) is 11.9. The van der Waals surface area contributed by atoms with Gasteiger partial charge in [0.05, 0.1) is 5.75 Å². The van der Waals surface area contributed by atoms with Gasteiger partial charge in [0.2, 0.25) is 11.1 Å². The van der Waals surface area contributed by atoms with E-state index >= 15 is 0 Å². The third-order valence-electron chi connectivity index (χ3n) is 4.09. The number of nitrogens with one attached hydrogen (secondary N) is 1. The molecule has 0 aliphatic heterocycles. The van der Waals surface area contributed by atoms with Crippen LogP contribution < -0.4 is 5.32 Å². The van der Waals surface area contributed by atoms with Gasteiger partial charge in [0, 0.05) is 17.7 Å². The van der Waals surface area contributed by atoms with Gasteiger partial charge in [-0.05, 0) is 13.8 Å². The number of aromatic nitrogens is 3. The van der Waals surface area contributed by atoms with Gasteiger partial charge in [-0.1, -0.05) is 77.5 Å². The minimum Gasteiger partial charge on any atom is -0.352 e. The second-order valence-corrected chi connectivity index (χ2v) is 7.35.